The lowest BCUT2D eigenvalue weighted by atomic mass is 10.7. The smallest absolute Gasteiger partial charge is 0.335 e. The molecule has 0 spiro atoms. The molecule has 0 radical (unpaired) electrons. The maximum absolute atomic E-state index is 10.8. The highest BCUT2D eigenvalue weighted by atomic mass is 16.2. The van der Waals surface area contributed by atoms with Crippen molar-refractivity contribution in [2.45, 2.75) is 6.92 Å². The lowest BCUT2D eigenvalue weighted by molar-refractivity contribution is 0.207. The molecule has 0 heterocycles. The van der Waals surface area contributed by atoms with E-state index in [1.165, 1.54) is 4.90 Å². The van der Waals surface area contributed by atoms with Crippen molar-refractivity contribution in [1.29, 1.82) is 0 Å². The molecular formula is C6H14N4O2. The second kappa shape index (κ2) is 5.22. The van der Waals surface area contributed by atoms with Crippen molar-refractivity contribution in [3.05, 3.63) is 0 Å². The van der Waals surface area contributed by atoms with Crippen LogP contribution in [0, 0.1) is 0 Å². The van der Waals surface area contributed by atoms with Crippen LogP contribution in [0.3, 0.4) is 0 Å². The maximum atomic E-state index is 10.8. The molecule has 0 aromatic rings. The Morgan fingerprint density at radius 2 is 1.83 bits per heavy atom. The molecule has 0 aromatic heterocycles. The van der Waals surface area contributed by atoms with Crippen molar-refractivity contribution < 1.29 is 9.59 Å². The molecule has 70 valence electrons. The fraction of sp³-hybridized carbons (Fsp3) is 0.667. The predicted molar refractivity (Wildman–Crippen MR) is 44.4 cm³/mol. The largest absolute Gasteiger partial charge is 0.337 e. The molecule has 12 heavy (non-hydrogen) atoms. The van der Waals surface area contributed by atoms with Gasteiger partial charge in [-0.15, -0.1) is 0 Å². The van der Waals surface area contributed by atoms with E-state index in [4.69, 9.17) is 0 Å². The first kappa shape index (κ1) is 10.5. The quantitative estimate of drug-likeness (QED) is 0.468. The predicted octanol–water partition coefficient (Wildman–Crippen LogP) is -0.508. The number of nitrogens with one attached hydrogen (secondary N) is 3. The van der Waals surface area contributed by atoms with Crippen molar-refractivity contribution in [3.63, 3.8) is 0 Å². The molecular weight excluding hydrogens is 160 g/mol. The maximum Gasteiger partial charge on any atom is 0.335 e. The van der Waals surface area contributed by atoms with E-state index in [2.05, 4.69) is 16.2 Å². The number of carbonyl (C=O) groups excluding carboxylic acids is 2. The van der Waals surface area contributed by atoms with Crippen molar-refractivity contribution >= 4 is 12.1 Å². The van der Waals surface area contributed by atoms with Crippen LogP contribution in [0.15, 0.2) is 0 Å². The Morgan fingerprint density at radius 3 is 2.25 bits per heavy atom. The minimum Gasteiger partial charge on any atom is -0.337 e. The summed E-state index contributed by atoms with van der Waals surface area (Å²) in [6.07, 6.45) is 0. The lowest BCUT2D eigenvalue weighted by Gasteiger charge is -2.12. The third kappa shape index (κ3) is 4.37. The summed E-state index contributed by atoms with van der Waals surface area (Å²) in [5.41, 5.74) is 4.37. The van der Waals surface area contributed by atoms with Crippen LogP contribution in [0.1, 0.15) is 6.92 Å². The average molecular weight is 174 g/mol. The summed E-state index contributed by atoms with van der Waals surface area (Å²) in [6, 6.07) is -0.797. The van der Waals surface area contributed by atoms with Gasteiger partial charge in [0.15, 0.2) is 0 Å². The van der Waals surface area contributed by atoms with Gasteiger partial charge in [-0.2, -0.15) is 0 Å². The minimum atomic E-state index is -0.423. The van der Waals surface area contributed by atoms with Crippen LogP contribution >= 0.6 is 0 Å². The normalized spacial score (nSPS) is 8.58. The van der Waals surface area contributed by atoms with Gasteiger partial charge >= 0.3 is 12.1 Å². The Hall–Kier alpha value is -1.46. The number of carbonyl (C=O) groups is 2. The summed E-state index contributed by atoms with van der Waals surface area (Å²) >= 11 is 0. The summed E-state index contributed by atoms with van der Waals surface area (Å²) in [5, 5.41) is 2.46. The van der Waals surface area contributed by atoms with Crippen LogP contribution < -0.4 is 16.2 Å². The zero-order chi connectivity index (χ0) is 9.56. The summed E-state index contributed by atoms with van der Waals surface area (Å²) < 4.78 is 0. The number of hydrogen-bond acceptors (Lipinski definition) is 2. The van der Waals surface area contributed by atoms with Crippen molar-refractivity contribution in [2.75, 3.05) is 20.6 Å². The van der Waals surface area contributed by atoms with Crippen molar-refractivity contribution in [1.82, 2.24) is 21.1 Å². The second-order valence-electron chi connectivity index (χ2n) is 2.31. The molecule has 0 unspecified atom stereocenters. The standard InChI is InChI=1S/C6H14N4O2/c1-4-7-5(11)8-9-6(12)10(2)3/h4H2,1-3H3,(H,9,12)(H2,7,8,11). The molecule has 6 nitrogen and oxygen atoms in total. The third-order valence-corrected chi connectivity index (χ3v) is 1.03. The fourth-order valence-electron chi connectivity index (χ4n) is 0.427. The van der Waals surface area contributed by atoms with Gasteiger partial charge in [0.2, 0.25) is 0 Å². The van der Waals surface area contributed by atoms with Crippen LogP contribution in [-0.4, -0.2) is 37.6 Å². The number of urea groups is 2. The van der Waals surface area contributed by atoms with Crippen LogP contribution in [0.4, 0.5) is 9.59 Å². The van der Waals surface area contributed by atoms with Gasteiger partial charge in [0.05, 0.1) is 0 Å². The Labute approximate surface area is 71.3 Å². The molecule has 0 atom stereocenters. The molecule has 0 fully saturated rings. The first-order valence-electron chi connectivity index (χ1n) is 3.59. The van der Waals surface area contributed by atoms with Crippen molar-refractivity contribution in [2.24, 2.45) is 0 Å². The molecule has 0 saturated heterocycles. The Balaban J connectivity index is 3.54. The zero-order valence-corrected chi connectivity index (χ0v) is 7.47. The van der Waals surface area contributed by atoms with Gasteiger partial charge in [0.1, 0.15) is 0 Å². The van der Waals surface area contributed by atoms with E-state index in [-0.39, 0.29) is 6.03 Å². The van der Waals surface area contributed by atoms with E-state index in [0.717, 1.165) is 0 Å². The summed E-state index contributed by atoms with van der Waals surface area (Å²) in [7, 11) is 3.16. The van der Waals surface area contributed by atoms with Crippen LogP contribution in [0.2, 0.25) is 0 Å². The van der Waals surface area contributed by atoms with Crippen LogP contribution in [0.5, 0.6) is 0 Å². The summed E-state index contributed by atoms with van der Waals surface area (Å²) in [4.78, 5) is 22.9. The summed E-state index contributed by atoms with van der Waals surface area (Å²) in [6.45, 7) is 2.30. The van der Waals surface area contributed by atoms with Crippen molar-refractivity contribution in [3.8, 4) is 0 Å². The van der Waals surface area contributed by atoms with E-state index in [0.29, 0.717) is 6.54 Å². The van der Waals surface area contributed by atoms with Gasteiger partial charge in [-0.3, -0.25) is 0 Å². The van der Waals surface area contributed by atoms with Gasteiger partial charge in [0.25, 0.3) is 0 Å². The first-order chi connectivity index (χ1) is 5.57. The molecule has 0 bridgehead atoms. The highest BCUT2D eigenvalue weighted by Gasteiger charge is 2.03. The fourth-order valence-corrected chi connectivity index (χ4v) is 0.427. The second-order valence-corrected chi connectivity index (χ2v) is 2.31. The molecule has 0 saturated carbocycles. The SMILES string of the molecule is CCNC(=O)NNC(=O)N(C)C. The third-order valence-electron chi connectivity index (χ3n) is 1.03. The lowest BCUT2D eigenvalue weighted by Crippen LogP contribution is -2.50. The highest BCUT2D eigenvalue weighted by molar-refractivity contribution is 5.79. The summed E-state index contributed by atoms with van der Waals surface area (Å²) in [5.74, 6) is 0. The van der Waals surface area contributed by atoms with E-state index >= 15 is 0 Å². The Kier molecular flexibility index (Phi) is 4.59. The molecule has 0 aromatic carbocycles. The van der Waals surface area contributed by atoms with E-state index in [1.807, 2.05) is 0 Å². The van der Waals surface area contributed by atoms with Gasteiger partial charge in [-0.05, 0) is 6.92 Å². The van der Waals surface area contributed by atoms with Gasteiger partial charge < -0.3 is 10.2 Å². The minimum absolute atomic E-state index is 0.374. The van der Waals surface area contributed by atoms with Crippen LogP contribution in [-0.2, 0) is 0 Å². The number of hydrogen-bond donors (Lipinski definition) is 3. The molecule has 6 heteroatoms. The number of hydrazine groups is 1. The molecule has 0 aliphatic rings. The molecule has 0 rings (SSSR count). The first-order valence-corrected chi connectivity index (χ1v) is 3.59. The topological polar surface area (TPSA) is 73.5 Å². The molecule has 3 N–H and O–H groups in total. The van der Waals surface area contributed by atoms with E-state index in [9.17, 15) is 9.59 Å². The molecule has 4 amide bonds. The van der Waals surface area contributed by atoms with E-state index < -0.39 is 6.03 Å². The Morgan fingerprint density at radius 1 is 1.25 bits per heavy atom. The van der Waals surface area contributed by atoms with Gasteiger partial charge in [0, 0.05) is 20.6 Å². The average Bonchev–Trinajstić information content (AvgIpc) is 2.00. The monoisotopic (exact) mass is 174 g/mol. The highest BCUT2D eigenvalue weighted by Crippen LogP contribution is 1.72. The Bertz CT molecular complexity index is 169. The number of amides is 4. The molecule has 0 aliphatic carbocycles. The molecule has 0 aliphatic heterocycles. The van der Waals surface area contributed by atoms with Crippen LogP contribution in [0.25, 0.3) is 0 Å². The van der Waals surface area contributed by atoms with Gasteiger partial charge in [-0.1, -0.05) is 0 Å². The number of nitrogens with zero attached hydrogens (tertiary/aromatic N) is 1. The zero-order valence-electron chi connectivity index (χ0n) is 7.47. The van der Waals surface area contributed by atoms with E-state index in [1.54, 1.807) is 21.0 Å². The van der Waals surface area contributed by atoms with Gasteiger partial charge in [-0.25, -0.2) is 20.4 Å². The number of rotatable bonds is 1.